The van der Waals surface area contributed by atoms with E-state index < -0.39 is 0 Å². The lowest BCUT2D eigenvalue weighted by atomic mass is 9.98. The van der Waals surface area contributed by atoms with Crippen LogP contribution in [-0.4, -0.2) is 22.4 Å². The highest BCUT2D eigenvalue weighted by molar-refractivity contribution is 7.98. The Morgan fingerprint density at radius 2 is 1.35 bits per heavy atom. The summed E-state index contributed by atoms with van der Waals surface area (Å²) in [6.45, 7) is 0. The van der Waals surface area contributed by atoms with Gasteiger partial charge in [-0.05, 0) is 29.5 Å². The zero-order chi connectivity index (χ0) is 21.0. The van der Waals surface area contributed by atoms with E-state index in [0.717, 1.165) is 49.7 Å². The molecular formula is C27H21N3S. The molecule has 5 rings (SSSR count). The molecular weight excluding hydrogens is 398 g/mol. The van der Waals surface area contributed by atoms with Gasteiger partial charge in [0, 0.05) is 16.0 Å². The average Bonchev–Trinajstić information content (AvgIpc) is 3.27. The second kappa shape index (κ2) is 8.62. The molecule has 1 N–H and O–H groups in total. The smallest absolute Gasteiger partial charge is 0.149 e. The molecule has 0 saturated heterocycles. The van der Waals surface area contributed by atoms with Gasteiger partial charge in [0.2, 0.25) is 0 Å². The summed E-state index contributed by atoms with van der Waals surface area (Å²) in [5, 5.41) is 0. The van der Waals surface area contributed by atoms with E-state index in [9.17, 15) is 0 Å². The molecule has 0 saturated carbocycles. The Hall–Kier alpha value is -3.63. The maximum atomic E-state index is 4.93. The Kier molecular flexibility index (Phi) is 5.38. The number of nitrogens with one attached hydrogen (secondary N) is 1. The van der Waals surface area contributed by atoms with E-state index in [-0.39, 0.29) is 0 Å². The van der Waals surface area contributed by atoms with Gasteiger partial charge in [0.15, 0.2) is 0 Å². The first-order valence-electron chi connectivity index (χ1n) is 10.1. The van der Waals surface area contributed by atoms with E-state index in [1.807, 2.05) is 36.5 Å². The summed E-state index contributed by atoms with van der Waals surface area (Å²) in [5.41, 5.74) is 7.46. The molecule has 0 aliphatic heterocycles. The third kappa shape index (κ3) is 3.90. The molecule has 4 aromatic carbocycles. The maximum Gasteiger partial charge on any atom is 0.149 e. The number of aromatic amines is 1. The van der Waals surface area contributed by atoms with Gasteiger partial charge in [-0.25, -0.2) is 4.98 Å². The number of rotatable bonds is 5. The molecule has 0 atom stereocenters. The quantitative estimate of drug-likeness (QED) is 0.239. The van der Waals surface area contributed by atoms with Crippen molar-refractivity contribution < 1.29 is 0 Å². The van der Waals surface area contributed by atoms with Gasteiger partial charge in [-0.15, -0.1) is 11.8 Å². The summed E-state index contributed by atoms with van der Waals surface area (Å²) < 4.78 is 0. The van der Waals surface area contributed by atoms with Crippen molar-refractivity contribution in [3.63, 3.8) is 0 Å². The lowest BCUT2D eigenvalue weighted by molar-refractivity contribution is 1.29. The van der Waals surface area contributed by atoms with Crippen LogP contribution in [0.3, 0.4) is 0 Å². The van der Waals surface area contributed by atoms with Crippen LogP contribution in [0, 0.1) is 0 Å². The largest absolute Gasteiger partial charge is 0.337 e. The van der Waals surface area contributed by atoms with Gasteiger partial charge in [-0.3, -0.25) is 4.99 Å². The summed E-state index contributed by atoms with van der Waals surface area (Å²) in [6.07, 6.45) is 3.88. The number of nitrogens with zero attached hydrogens (tertiary/aromatic N) is 2. The van der Waals surface area contributed by atoms with Gasteiger partial charge in [0.05, 0.1) is 22.9 Å². The van der Waals surface area contributed by atoms with Crippen molar-refractivity contribution in [2.45, 2.75) is 4.90 Å². The minimum atomic E-state index is 0.742. The molecule has 0 fully saturated rings. The van der Waals surface area contributed by atoms with Crippen LogP contribution in [0.5, 0.6) is 0 Å². The number of para-hydroxylation sites is 1. The SMILES string of the molecule is CSc1ccccc1N=Cc1nc2c(-c3ccccc3)ccc(-c3ccccc3)c2[nH]1. The van der Waals surface area contributed by atoms with E-state index in [1.54, 1.807) is 11.8 Å². The molecule has 5 aromatic rings. The third-order valence-corrected chi connectivity index (χ3v) is 6.03. The Morgan fingerprint density at radius 3 is 2.06 bits per heavy atom. The number of thioether (sulfide) groups is 1. The van der Waals surface area contributed by atoms with Crippen molar-refractivity contribution in [3.05, 3.63) is 103 Å². The Bertz CT molecular complexity index is 1280. The number of H-pyrrole nitrogens is 1. The second-order valence-electron chi connectivity index (χ2n) is 7.17. The summed E-state index contributed by atoms with van der Waals surface area (Å²) >= 11 is 1.69. The predicted octanol–water partition coefficient (Wildman–Crippen LogP) is 7.37. The van der Waals surface area contributed by atoms with Crippen molar-refractivity contribution in [1.29, 1.82) is 0 Å². The fourth-order valence-electron chi connectivity index (χ4n) is 3.75. The number of aromatic nitrogens is 2. The molecule has 150 valence electrons. The van der Waals surface area contributed by atoms with Gasteiger partial charge in [-0.1, -0.05) is 84.9 Å². The van der Waals surface area contributed by atoms with Crippen LogP contribution in [-0.2, 0) is 0 Å². The molecule has 0 unspecified atom stereocenters. The number of fused-ring (bicyclic) bond motifs is 1. The first kappa shape index (κ1) is 19.3. The van der Waals surface area contributed by atoms with Crippen LogP contribution in [0.2, 0.25) is 0 Å². The monoisotopic (exact) mass is 419 g/mol. The molecule has 3 nitrogen and oxygen atoms in total. The minimum absolute atomic E-state index is 0.742. The summed E-state index contributed by atoms with van der Waals surface area (Å²) in [6, 6.07) is 33.3. The van der Waals surface area contributed by atoms with E-state index in [1.165, 1.54) is 0 Å². The van der Waals surface area contributed by atoms with E-state index >= 15 is 0 Å². The fraction of sp³-hybridized carbons (Fsp3) is 0.0370. The van der Waals surface area contributed by atoms with Crippen molar-refractivity contribution in [2.75, 3.05) is 6.26 Å². The van der Waals surface area contributed by atoms with Crippen LogP contribution in [0.15, 0.2) is 107 Å². The Labute approximate surface area is 185 Å². The van der Waals surface area contributed by atoms with Crippen LogP contribution >= 0.6 is 11.8 Å². The second-order valence-corrected chi connectivity index (χ2v) is 8.02. The summed E-state index contributed by atoms with van der Waals surface area (Å²) in [5.74, 6) is 0.742. The maximum absolute atomic E-state index is 4.93. The van der Waals surface area contributed by atoms with E-state index in [4.69, 9.17) is 9.98 Å². The highest BCUT2D eigenvalue weighted by Crippen LogP contribution is 2.34. The van der Waals surface area contributed by atoms with Crippen molar-refractivity contribution in [2.24, 2.45) is 4.99 Å². The first-order chi connectivity index (χ1) is 15.3. The number of hydrogen-bond acceptors (Lipinski definition) is 3. The molecule has 4 heteroatoms. The van der Waals surface area contributed by atoms with Crippen molar-refractivity contribution >= 4 is 34.7 Å². The molecule has 1 heterocycles. The van der Waals surface area contributed by atoms with Crippen LogP contribution in [0.4, 0.5) is 5.69 Å². The average molecular weight is 420 g/mol. The zero-order valence-electron chi connectivity index (χ0n) is 17.1. The number of benzene rings is 4. The van der Waals surface area contributed by atoms with Gasteiger partial charge in [0.1, 0.15) is 5.82 Å². The third-order valence-electron chi connectivity index (χ3n) is 5.24. The number of imidazole rings is 1. The van der Waals surface area contributed by atoms with Crippen LogP contribution in [0.25, 0.3) is 33.3 Å². The predicted molar refractivity (Wildman–Crippen MR) is 132 cm³/mol. The van der Waals surface area contributed by atoms with E-state index in [0.29, 0.717) is 0 Å². The highest BCUT2D eigenvalue weighted by Gasteiger charge is 2.13. The van der Waals surface area contributed by atoms with Gasteiger partial charge < -0.3 is 4.98 Å². The van der Waals surface area contributed by atoms with Crippen LogP contribution < -0.4 is 0 Å². The van der Waals surface area contributed by atoms with Gasteiger partial charge >= 0.3 is 0 Å². The van der Waals surface area contributed by atoms with E-state index in [2.05, 4.69) is 78.0 Å². The minimum Gasteiger partial charge on any atom is -0.337 e. The zero-order valence-corrected chi connectivity index (χ0v) is 17.9. The molecule has 0 aliphatic rings. The molecule has 1 aromatic heterocycles. The lowest BCUT2D eigenvalue weighted by Gasteiger charge is -2.07. The number of aliphatic imine (C=N–C) groups is 1. The highest BCUT2D eigenvalue weighted by atomic mass is 32.2. The van der Waals surface area contributed by atoms with Crippen molar-refractivity contribution in [3.8, 4) is 22.3 Å². The van der Waals surface area contributed by atoms with Gasteiger partial charge in [-0.2, -0.15) is 0 Å². The summed E-state index contributed by atoms with van der Waals surface area (Å²) in [4.78, 5) is 14.3. The normalized spacial score (nSPS) is 11.4. The standard InChI is InChI=1S/C27H21N3S/c1-31-24-15-9-8-14-23(24)28-18-25-29-26-21(19-10-4-2-5-11-19)16-17-22(27(26)30-25)20-12-6-3-7-13-20/h2-18H,1H3,(H,29,30). The lowest BCUT2D eigenvalue weighted by Crippen LogP contribution is -1.85. The molecule has 0 bridgehead atoms. The molecule has 31 heavy (non-hydrogen) atoms. The topological polar surface area (TPSA) is 41.0 Å². The molecule has 0 aliphatic carbocycles. The molecule has 0 amide bonds. The van der Waals surface area contributed by atoms with Gasteiger partial charge in [0.25, 0.3) is 0 Å². The number of hydrogen-bond donors (Lipinski definition) is 1. The molecule has 0 radical (unpaired) electrons. The Balaban J connectivity index is 1.66. The summed E-state index contributed by atoms with van der Waals surface area (Å²) in [7, 11) is 0. The molecule has 0 spiro atoms. The first-order valence-corrected chi connectivity index (χ1v) is 11.4. The Morgan fingerprint density at radius 1 is 0.742 bits per heavy atom. The van der Waals surface area contributed by atoms with Crippen molar-refractivity contribution in [1.82, 2.24) is 9.97 Å². The fourth-order valence-corrected chi connectivity index (χ4v) is 4.29. The van der Waals surface area contributed by atoms with Crippen LogP contribution in [0.1, 0.15) is 5.82 Å².